The van der Waals surface area contributed by atoms with E-state index in [9.17, 15) is 4.79 Å². The van der Waals surface area contributed by atoms with Crippen molar-refractivity contribution < 1.29 is 4.79 Å². The van der Waals surface area contributed by atoms with Crippen LogP contribution in [-0.4, -0.2) is 18.5 Å². The van der Waals surface area contributed by atoms with Crippen LogP contribution in [0.4, 0.5) is 0 Å². The van der Waals surface area contributed by atoms with E-state index < -0.39 is 0 Å². The molecule has 2 N–H and O–H groups in total. The number of piperidine rings is 1. The molecular weight excluding hydrogens is 236 g/mol. The second kappa shape index (κ2) is 6.20. The first-order valence-corrected chi connectivity index (χ1v) is 7.21. The number of carbonyl (C=O) groups is 1. The highest BCUT2D eigenvalue weighted by atomic mass is 16.2. The summed E-state index contributed by atoms with van der Waals surface area (Å²) >= 11 is 0. The Bertz CT molecular complexity index is 425. The molecule has 2 rings (SSSR count). The van der Waals surface area contributed by atoms with E-state index in [1.807, 2.05) is 0 Å². The van der Waals surface area contributed by atoms with Gasteiger partial charge < -0.3 is 5.32 Å². The Balaban J connectivity index is 1.98. The van der Waals surface area contributed by atoms with Crippen LogP contribution in [0.2, 0.25) is 0 Å². The van der Waals surface area contributed by atoms with Gasteiger partial charge >= 0.3 is 0 Å². The van der Waals surface area contributed by atoms with Crippen molar-refractivity contribution >= 4 is 5.91 Å². The second-order valence-corrected chi connectivity index (χ2v) is 5.70. The normalized spacial score (nSPS) is 21.3. The number of amides is 1. The molecule has 2 atom stereocenters. The van der Waals surface area contributed by atoms with Crippen molar-refractivity contribution in [2.24, 2.45) is 0 Å². The Morgan fingerprint density at radius 3 is 2.37 bits per heavy atom. The molecule has 1 aromatic carbocycles. The van der Waals surface area contributed by atoms with Gasteiger partial charge in [0.05, 0.1) is 6.04 Å². The molecule has 19 heavy (non-hydrogen) atoms. The van der Waals surface area contributed by atoms with Crippen LogP contribution in [0.3, 0.4) is 0 Å². The Morgan fingerprint density at radius 1 is 1.16 bits per heavy atom. The zero-order chi connectivity index (χ0) is 13.8. The second-order valence-electron chi connectivity index (χ2n) is 5.70. The predicted molar refractivity (Wildman–Crippen MR) is 78.1 cm³/mol. The fourth-order valence-electron chi connectivity index (χ4n) is 2.50. The highest BCUT2D eigenvalue weighted by Crippen LogP contribution is 2.19. The summed E-state index contributed by atoms with van der Waals surface area (Å²) < 4.78 is 0. The maximum atomic E-state index is 11.7. The van der Waals surface area contributed by atoms with Crippen molar-refractivity contribution in [1.82, 2.24) is 10.6 Å². The average Bonchev–Trinajstić information content (AvgIpc) is 2.41. The molecule has 1 aliphatic rings. The molecule has 1 amide bonds. The fraction of sp³-hybridized carbons (Fsp3) is 0.562. The minimum atomic E-state index is -0.0477. The zero-order valence-electron chi connectivity index (χ0n) is 12.1. The third kappa shape index (κ3) is 3.57. The van der Waals surface area contributed by atoms with Crippen molar-refractivity contribution in [1.29, 1.82) is 0 Å². The summed E-state index contributed by atoms with van der Waals surface area (Å²) in [5, 5.41) is 6.33. The molecule has 3 nitrogen and oxygen atoms in total. The van der Waals surface area contributed by atoms with Gasteiger partial charge in [0.15, 0.2) is 0 Å². The topological polar surface area (TPSA) is 41.1 Å². The molecule has 3 heteroatoms. The van der Waals surface area contributed by atoms with Crippen LogP contribution in [0.25, 0.3) is 0 Å². The van der Waals surface area contributed by atoms with Crippen LogP contribution in [0.5, 0.6) is 0 Å². The molecule has 0 aromatic heterocycles. The number of benzene rings is 1. The van der Waals surface area contributed by atoms with Gasteiger partial charge in [0.25, 0.3) is 0 Å². The molecule has 0 spiro atoms. The summed E-state index contributed by atoms with van der Waals surface area (Å²) in [4.78, 5) is 11.7. The van der Waals surface area contributed by atoms with E-state index in [4.69, 9.17) is 0 Å². The number of hydrogen-bond donors (Lipinski definition) is 2. The lowest BCUT2D eigenvalue weighted by molar-refractivity contribution is -0.124. The molecule has 1 aliphatic heterocycles. The van der Waals surface area contributed by atoms with E-state index in [2.05, 4.69) is 55.7 Å². The summed E-state index contributed by atoms with van der Waals surface area (Å²) in [6.07, 6.45) is 1.99. The molecule has 1 saturated heterocycles. The summed E-state index contributed by atoms with van der Waals surface area (Å²) in [7, 11) is 0. The van der Waals surface area contributed by atoms with E-state index in [1.54, 1.807) is 0 Å². The first-order valence-electron chi connectivity index (χ1n) is 7.21. The fourth-order valence-corrected chi connectivity index (χ4v) is 2.50. The van der Waals surface area contributed by atoms with Crippen molar-refractivity contribution in [2.75, 3.05) is 6.54 Å². The monoisotopic (exact) mass is 260 g/mol. The largest absolute Gasteiger partial charge is 0.355 e. The first kappa shape index (κ1) is 14.1. The Labute approximate surface area is 115 Å². The van der Waals surface area contributed by atoms with Gasteiger partial charge in [-0.05, 0) is 36.8 Å². The third-order valence-electron chi connectivity index (χ3n) is 3.84. The van der Waals surface area contributed by atoms with Crippen molar-refractivity contribution in [3.05, 3.63) is 35.4 Å². The van der Waals surface area contributed by atoms with Gasteiger partial charge in [0.1, 0.15) is 0 Å². The molecule has 0 saturated carbocycles. The molecule has 1 fully saturated rings. The predicted octanol–water partition coefficient (Wildman–Crippen LogP) is 2.74. The van der Waals surface area contributed by atoms with Crippen LogP contribution in [0.1, 0.15) is 56.7 Å². The highest BCUT2D eigenvalue weighted by molar-refractivity contribution is 5.82. The van der Waals surface area contributed by atoms with Crippen LogP contribution >= 0.6 is 0 Å². The van der Waals surface area contributed by atoms with Crippen molar-refractivity contribution in [3.63, 3.8) is 0 Å². The first-order chi connectivity index (χ1) is 9.08. The van der Waals surface area contributed by atoms with Crippen molar-refractivity contribution in [3.8, 4) is 0 Å². The van der Waals surface area contributed by atoms with E-state index in [0.717, 1.165) is 19.4 Å². The van der Waals surface area contributed by atoms with Gasteiger partial charge in [-0.1, -0.05) is 38.1 Å². The standard InChI is InChI=1S/C16H24N2O/c1-11(2)13-6-8-14(9-7-13)12(3)18-15-5-4-10-17-16(15)19/h6-9,11-12,15,18H,4-5,10H2,1-3H3,(H,17,19). The van der Waals surface area contributed by atoms with Gasteiger partial charge in [-0.2, -0.15) is 0 Å². The van der Waals surface area contributed by atoms with Gasteiger partial charge in [0.2, 0.25) is 5.91 Å². The van der Waals surface area contributed by atoms with E-state index in [1.165, 1.54) is 11.1 Å². The lowest BCUT2D eigenvalue weighted by Crippen LogP contribution is -2.48. The smallest absolute Gasteiger partial charge is 0.237 e. The van der Waals surface area contributed by atoms with Crippen LogP contribution in [0, 0.1) is 0 Å². The summed E-state index contributed by atoms with van der Waals surface area (Å²) in [6, 6.07) is 8.84. The molecule has 0 radical (unpaired) electrons. The van der Waals surface area contributed by atoms with Crippen LogP contribution < -0.4 is 10.6 Å². The molecule has 2 unspecified atom stereocenters. The van der Waals surface area contributed by atoms with Gasteiger partial charge in [-0.15, -0.1) is 0 Å². The third-order valence-corrected chi connectivity index (χ3v) is 3.84. The molecular formula is C16H24N2O. The molecule has 0 bridgehead atoms. The van der Waals surface area contributed by atoms with Crippen LogP contribution in [0.15, 0.2) is 24.3 Å². The lowest BCUT2D eigenvalue weighted by Gasteiger charge is -2.26. The minimum Gasteiger partial charge on any atom is -0.355 e. The quantitative estimate of drug-likeness (QED) is 0.874. The van der Waals surface area contributed by atoms with Crippen LogP contribution in [-0.2, 0) is 4.79 Å². The highest BCUT2D eigenvalue weighted by Gasteiger charge is 2.23. The minimum absolute atomic E-state index is 0.0477. The van der Waals surface area contributed by atoms with Gasteiger partial charge in [-0.3, -0.25) is 10.1 Å². The maximum Gasteiger partial charge on any atom is 0.237 e. The average molecular weight is 260 g/mol. The SMILES string of the molecule is CC(C)c1ccc(C(C)NC2CCCNC2=O)cc1. The summed E-state index contributed by atoms with van der Waals surface area (Å²) in [5.41, 5.74) is 2.59. The Morgan fingerprint density at radius 2 is 1.79 bits per heavy atom. The Hall–Kier alpha value is -1.35. The molecule has 104 valence electrons. The van der Waals surface area contributed by atoms with Gasteiger partial charge in [-0.25, -0.2) is 0 Å². The van der Waals surface area contributed by atoms with E-state index in [0.29, 0.717) is 5.92 Å². The number of carbonyl (C=O) groups excluding carboxylic acids is 1. The molecule has 1 aromatic rings. The summed E-state index contributed by atoms with van der Waals surface area (Å²) in [5.74, 6) is 0.693. The molecule has 1 heterocycles. The number of nitrogens with one attached hydrogen (secondary N) is 2. The maximum absolute atomic E-state index is 11.7. The summed E-state index contributed by atoms with van der Waals surface area (Å²) in [6.45, 7) is 7.33. The molecule has 0 aliphatic carbocycles. The van der Waals surface area contributed by atoms with E-state index in [-0.39, 0.29) is 18.0 Å². The zero-order valence-corrected chi connectivity index (χ0v) is 12.1. The van der Waals surface area contributed by atoms with Crippen molar-refractivity contribution in [2.45, 2.75) is 51.6 Å². The van der Waals surface area contributed by atoms with E-state index >= 15 is 0 Å². The lowest BCUT2D eigenvalue weighted by atomic mass is 9.98. The number of hydrogen-bond acceptors (Lipinski definition) is 2. The number of rotatable bonds is 4. The van der Waals surface area contributed by atoms with Gasteiger partial charge in [0, 0.05) is 12.6 Å². The Kier molecular flexibility index (Phi) is 4.59.